The minimum absolute atomic E-state index is 0.130. The average Bonchev–Trinajstić information content (AvgIpc) is 3.43. The second kappa shape index (κ2) is 13.8. The van der Waals surface area contributed by atoms with E-state index in [1.165, 1.54) is 6.92 Å². The van der Waals surface area contributed by atoms with Gasteiger partial charge in [0.2, 0.25) is 5.91 Å². The van der Waals surface area contributed by atoms with Crippen LogP contribution in [0.25, 0.3) is 16.5 Å². The molecule has 0 atom stereocenters. The predicted molar refractivity (Wildman–Crippen MR) is 181 cm³/mol. The summed E-state index contributed by atoms with van der Waals surface area (Å²) in [5, 5.41) is 18.0. The second-order valence-electron chi connectivity index (χ2n) is 10.9. The van der Waals surface area contributed by atoms with Crippen molar-refractivity contribution >= 4 is 45.9 Å². The third-order valence-electron chi connectivity index (χ3n) is 7.18. The van der Waals surface area contributed by atoms with Crippen molar-refractivity contribution in [1.82, 2.24) is 30.0 Å². The molecule has 0 unspecified atom stereocenters. The van der Waals surface area contributed by atoms with E-state index in [0.29, 0.717) is 41.1 Å². The van der Waals surface area contributed by atoms with E-state index in [-0.39, 0.29) is 18.5 Å². The smallest absolute Gasteiger partial charge is 0.324 e. The van der Waals surface area contributed by atoms with Gasteiger partial charge >= 0.3 is 6.03 Å². The van der Waals surface area contributed by atoms with Gasteiger partial charge in [0.05, 0.1) is 41.7 Å². The fourth-order valence-electron chi connectivity index (χ4n) is 4.90. The van der Waals surface area contributed by atoms with Gasteiger partial charge in [-0.1, -0.05) is 42.0 Å². The first kappa shape index (κ1) is 30.7. The Balaban J connectivity index is 1.12. The lowest BCUT2D eigenvalue weighted by Gasteiger charge is -2.15. The first-order valence-electron chi connectivity index (χ1n) is 14.9. The van der Waals surface area contributed by atoms with E-state index in [0.717, 1.165) is 33.3 Å². The Morgan fingerprint density at radius 3 is 2.40 bits per heavy atom. The number of aromatic nitrogens is 5. The molecule has 0 radical (unpaired) electrons. The highest BCUT2D eigenvalue weighted by Gasteiger charge is 2.14. The summed E-state index contributed by atoms with van der Waals surface area (Å²) in [6, 6.07) is 24.5. The highest BCUT2D eigenvalue weighted by atomic mass is 16.5. The normalized spacial score (nSPS) is 10.8. The first-order chi connectivity index (χ1) is 22.8. The van der Waals surface area contributed by atoms with E-state index < -0.39 is 0 Å². The molecule has 0 aliphatic carbocycles. The van der Waals surface area contributed by atoms with Crippen LogP contribution in [-0.4, -0.2) is 36.7 Å². The number of carbonyl (C=O) groups excluding carboxylic acids is 2. The second-order valence-corrected chi connectivity index (χ2v) is 10.9. The molecule has 6 rings (SSSR count). The molecule has 47 heavy (non-hydrogen) atoms. The molecule has 0 aliphatic rings. The number of urea groups is 1. The molecule has 0 spiro atoms. The van der Waals surface area contributed by atoms with Crippen LogP contribution in [0.3, 0.4) is 0 Å². The standard InChI is InChI=1S/C35H33N9O3/c1-22-8-10-27(11-9-22)44-34(16-23(2)43-44)42-35(46)40-30-12-13-31(29-7-5-4-6-28(29)30)47-21-25-14-15-36-32(17-25)41-33-20-38-26(19-39-33)18-37-24(3)45/h4-17,19-20H,18,21H2,1-3H3,(H,37,45)(H,36,39,41)(H2,40,42,46). The summed E-state index contributed by atoms with van der Waals surface area (Å²) in [6.45, 7) is 5.96. The summed E-state index contributed by atoms with van der Waals surface area (Å²) >= 11 is 0. The van der Waals surface area contributed by atoms with Gasteiger partial charge in [-0.2, -0.15) is 5.10 Å². The summed E-state index contributed by atoms with van der Waals surface area (Å²) < 4.78 is 7.96. The molecule has 0 saturated heterocycles. The molecule has 0 fully saturated rings. The number of nitrogens with one attached hydrogen (secondary N) is 4. The van der Waals surface area contributed by atoms with Gasteiger partial charge in [0.25, 0.3) is 0 Å². The number of hydrogen-bond donors (Lipinski definition) is 4. The fourth-order valence-corrected chi connectivity index (χ4v) is 4.90. The fraction of sp³-hybridized carbons (Fsp3) is 0.143. The van der Waals surface area contributed by atoms with Gasteiger partial charge in [0.1, 0.15) is 29.8 Å². The number of rotatable bonds is 10. The van der Waals surface area contributed by atoms with Crippen LogP contribution in [-0.2, 0) is 17.9 Å². The molecule has 0 saturated carbocycles. The monoisotopic (exact) mass is 627 g/mol. The molecule has 3 aromatic carbocycles. The number of amides is 3. The molecule has 12 heteroatoms. The van der Waals surface area contributed by atoms with Crippen molar-refractivity contribution in [3.8, 4) is 11.4 Å². The van der Waals surface area contributed by atoms with Gasteiger partial charge in [-0.05, 0) is 55.8 Å². The van der Waals surface area contributed by atoms with E-state index in [9.17, 15) is 9.59 Å². The number of pyridine rings is 1. The van der Waals surface area contributed by atoms with Gasteiger partial charge in [0, 0.05) is 30.0 Å². The third-order valence-corrected chi connectivity index (χ3v) is 7.18. The maximum atomic E-state index is 13.2. The largest absolute Gasteiger partial charge is 0.488 e. The van der Waals surface area contributed by atoms with E-state index >= 15 is 0 Å². The van der Waals surface area contributed by atoms with Crippen LogP contribution in [0.2, 0.25) is 0 Å². The number of hydrogen-bond acceptors (Lipinski definition) is 8. The zero-order chi connectivity index (χ0) is 32.8. The Bertz CT molecular complexity index is 2040. The third kappa shape index (κ3) is 7.68. The molecule has 3 heterocycles. The predicted octanol–water partition coefficient (Wildman–Crippen LogP) is 6.43. The molecule has 0 bridgehead atoms. The number of benzene rings is 3. The first-order valence-corrected chi connectivity index (χ1v) is 14.9. The van der Waals surface area contributed by atoms with Crippen molar-refractivity contribution in [2.75, 3.05) is 16.0 Å². The molecule has 3 aromatic heterocycles. The van der Waals surface area contributed by atoms with Gasteiger partial charge in [0.15, 0.2) is 0 Å². The van der Waals surface area contributed by atoms with E-state index in [2.05, 4.69) is 41.3 Å². The highest BCUT2D eigenvalue weighted by molar-refractivity contribution is 6.07. The van der Waals surface area contributed by atoms with Gasteiger partial charge < -0.3 is 20.7 Å². The Kier molecular flexibility index (Phi) is 9.00. The number of anilines is 4. The Hall–Kier alpha value is -6.30. The lowest BCUT2D eigenvalue weighted by Crippen LogP contribution is -2.21. The molecule has 0 aliphatic heterocycles. The van der Waals surface area contributed by atoms with Crippen LogP contribution >= 0.6 is 0 Å². The number of carbonyl (C=O) groups is 2. The lowest BCUT2D eigenvalue weighted by atomic mass is 10.1. The minimum atomic E-state index is -0.388. The van der Waals surface area contributed by atoms with Crippen molar-refractivity contribution in [2.24, 2.45) is 0 Å². The maximum absolute atomic E-state index is 13.2. The summed E-state index contributed by atoms with van der Waals surface area (Å²) in [5.41, 5.74) is 4.96. The van der Waals surface area contributed by atoms with E-state index in [1.54, 1.807) is 23.3 Å². The lowest BCUT2D eigenvalue weighted by molar-refractivity contribution is -0.119. The molecule has 12 nitrogen and oxygen atoms in total. The van der Waals surface area contributed by atoms with Crippen LogP contribution in [0.1, 0.15) is 29.4 Å². The summed E-state index contributed by atoms with van der Waals surface area (Å²) in [5.74, 6) is 2.21. The van der Waals surface area contributed by atoms with Gasteiger partial charge in [-0.25, -0.2) is 19.4 Å². The summed E-state index contributed by atoms with van der Waals surface area (Å²) in [7, 11) is 0. The average molecular weight is 628 g/mol. The van der Waals surface area contributed by atoms with Crippen LogP contribution in [0.15, 0.2) is 97.5 Å². The molecular weight excluding hydrogens is 594 g/mol. The number of ether oxygens (including phenoxy) is 1. The number of fused-ring (bicyclic) bond motifs is 1. The Labute approximate surface area is 271 Å². The van der Waals surface area contributed by atoms with Crippen molar-refractivity contribution in [3.05, 3.63) is 120 Å². The van der Waals surface area contributed by atoms with Gasteiger partial charge in [-0.3, -0.25) is 15.1 Å². The topological polar surface area (TPSA) is 148 Å². The van der Waals surface area contributed by atoms with Crippen molar-refractivity contribution in [1.29, 1.82) is 0 Å². The van der Waals surface area contributed by atoms with Crippen molar-refractivity contribution in [3.63, 3.8) is 0 Å². The van der Waals surface area contributed by atoms with Crippen LogP contribution in [0.5, 0.6) is 5.75 Å². The number of aryl methyl sites for hydroxylation is 2. The Morgan fingerprint density at radius 1 is 0.830 bits per heavy atom. The SMILES string of the molecule is CC(=O)NCc1cnc(Nc2cc(COc3ccc(NC(=O)Nc4cc(C)nn4-c4ccc(C)cc4)c4ccccc34)ccn2)cn1. The maximum Gasteiger partial charge on any atom is 0.324 e. The van der Waals surface area contributed by atoms with E-state index in [4.69, 9.17) is 4.74 Å². The van der Waals surface area contributed by atoms with Crippen molar-refractivity contribution in [2.45, 2.75) is 33.9 Å². The molecule has 4 N–H and O–H groups in total. The number of nitrogens with zero attached hydrogens (tertiary/aromatic N) is 5. The zero-order valence-corrected chi connectivity index (χ0v) is 26.1. The van der Waals surface area contributed by atoms with Gasteiger partial charge in [-0.15, -0.1) is 0 Å². The summed E-state index contributed by atoms with van der Waals surface area (Å²) in [4.78, 5) is 37.3. The molecular formula is C35H33N9O3. The summed E-state index contributed by atoms with van der Waals surface area (Å²) in [6.07, 6.45) is 4.87. The molecule has 6 aromatic rings. The van der Waals surface area contributed by atoms with Crippen LogP contribution < -0.4 is 26.0 Å². The van der Waals surface area contributed by atoms with Crippen LogP contribution in [0, 0.1) is 13.8 Å². The molecule has 3 amide bonds. The van der Waals surface area contributed by atoms with Crippen molar-refractivity contribution < 1.29 is 14.3 Å². The molecule has 236 valence electrons. The Morgan fingerprint density at radius 2 is 1.64 bits per heavy atom. The minimum Gasteiger partial charge on any atom is -0.488 e. The van der Waals surface area contributed by atoms with Crippen LogP contribution in [0.4, 0.5) is 27.9 Å². The highest BCUT2D eigenvalue weighted by Crippen LogP contribution is 2.32. The zero-order valence-electron chi connectivity index (χ0n) is 26.1. The van der Waals surface area contributed by atoms with E-state index in [1.807, 2.05) is 92.7 Å². The quantitative estimate of drug-likeness (QED) is 0.136.